The molecular weight excluding hydrogens is 574 g/mol. The SMILES string of the molecule is COC(=O)c1ccc([C@H]2C(C#N)=C(SCC(=O)Nc3ccc(Br)cc3Cl)NC(=O)[C@@H]2C(=O)OC)cc1. The number of hydrogen-bond acceptors (Lipinski definition) is 8. The highest BCUT2D eigenvalue weighted by molar-refractivity contribution is 9.10. The lowest BCUT2D eigenvalue weighted by atomic mass is 9.78. The lowest BCUT2D eigenvalue weighted by Gasteiger charge is -2.31. The monoisotopic (exact) mass is 591 g/mol. The van der Waals surface area contributed by atoms with Crippen molar-refractivity contribution in [3.05, 3.63) is 73.7 Å². The molecule has 2 atom stereocenters. The van der Waals surface area contributed by atoms with E-state index in [0.29, 0.717) is 16.3 Å². The van der Waals surface area contributed by atoms with Gasteiger partial charge in [0.1, 0.15) is 5.92 Å². The number of carbonyl (C=O) groups excluding carboxylic acids is 4. The van der Waals surface area contributed by atoms with Crippen molar-refractivity contribution in [1.82, 2.24) is 5.32 Å². The normalized spacial score (nSPS) is 17.0. The maximum absolute atomic E-state index is 12.9. The van der Waals surface area contributed by atoms with Crippen molar-refractivity contribution < 1.29 is 28.7 Å². The number of thioether (sulfide) groups is 1. The van der Waals surface area contributed by atoms with Gasteiger partial charge < -0.3 is 20.1 Å². The van der Waals surface area contributed by atoms with Crippen molar-refractivity contribution in [2.45, 2.75) is 5.92 Å². The molecule has 3 rings (SSSR count). The van der Waals surface area contributed by atoms with Gasteiger partial charge in [0.05, 0.1) is 52.9 Å². The van der Waals surface area contributed by atoms with Crippen molar-refractivity contribution >= 4 is 68.7 Å². The molecule has 0 saturated heterocycles. The number of hydrogen-bond donors (Lipinski definition) is 2. The van der Waals surface area contributed by atoms with Gasteiger partial charge in [0.15, 0.2) is 0 Å². The number of nitriles is 1. The molecular formula is C24H19BrClN3O6S. The number of amides is 2. The average Bonchev–Trinajstić information content (AvgIpc) is 2.87. The first-order chi connectivity index (χ1) is 17.2. The molecule has 0 aromatic heterocycles. The third-order valence-electron chi connectivity index (χ3n) is 5.23. The van der Waals surface area contributed by atoms with E-state index in [1.807, 2.05) is 0 Å². The number of anilines is 1. The fourth-order valence-corrected chi connectivity index (χ4v) is 5.11. The van der Waals surface area contributed by atoms with Crippen LogP contribution in [0.4, 0.5) is 5.69 Å². The molecule has 2 amide bonds. The molecule has 2 aromatic rings. The zero-order valence-corrected chi connectivity index (χ0v) is 22.1. The molecule has 0 radical (unpaired) electrons. The number of nitrogens with zero attached hydrogens (tertiary/aromatic N) is 1. The van der Waals surface area contributed by atoms with Gasteiger partial charge in [0.25, 0.3) is 0 Å². The lowest BCUT2D eigenvalue weighted by molar-refractivity contribution is -0.150. The van der Waals surface area contributed by atoms with Crippen LogP contribution in [-0.2, 0) is 23.9 Å². The summed E-state index contributed by atoms with van der Waals surface area (Å²) in [5, 5.41) is 15.7. The second-order valence-electron chi connectivity index (χ2n) is 7.40. The van der Waals surface area contributed by atoms with Crippen LogP contribution in [0.2, 0.25) is 5.02 Å². The smallest absolute Gasteiger partial charge is 0.337 e. The Kier molecular flexibility index (Phi) is 9.14. The van der Waals surface area contributed by atoms with Gasteiger partial charge in [0, 0.05) is 10.4 Å². The predicted octanol–water partition coefficient (Wildman–Crippen LogP) is 4.00. The molecule has 2 N–H and O–H groups in total. The van der Waals surface area contributed by atoms with Crippen molar-refractivity contribution in [1.29, 1.82) is 5.26 Å². The quantitative estimate of drug-likeness (QED) is 0.364. The number of esters is 2. The molecule has 0 unspecified atom stereocenters. The average molecular weight is 593 g/mol. The zero-order valence-electron chi connectivity index (χ0n) is 19.0. The third kappa shape index (κ3) is 6.07. The van der Waals surface area contributed by atoms with Gasteiger partial charge in [0.2, 0.25) is 11.8 Å². The summed E-state index contributed by atoms with van der Waals surface area (Å²) in [6, 6.07) is 13.0. The first-order valence-electron chi connectivity index (χ1n) is 10.3. The summed E-state index contributed by atoms with van der Waals surface area (Å²) in [7, 11) is 2.39. The van der Waals surface area contributed by atoms with Crippen LogP contribution in [-0.4, -0.2) is 43.7 Å². The van der Waals surface area contributed by atoms with Gasteiger partial charge in [-0.05, 0) is 35.9 Å². The molecule has 0 saturated carbocycles. The van der Waals surface area contributed by atoms with Gasteiger partial charge in [-0.1, -0.05) is 51.4 Å². The fraction of sp³-hybridized carbons (Fsp3) is 0.208. The number of allylic oxidation sites excluding steroid dienone is 1. The van der Waals surface area contributed by atoms with E-state index >= 15 is 0 Å². The zero-order chi connectivity index (χ0) is 26.4. The molecule has 0 spiro atoms. The summed E-state index contributed by atoms with van der Waals surface area (Å²) in [6.45, 7) is 0. The second-order valence-corrected chi connectivity index (χ2v) is 9.71. The number of rotatable bonds is 7. The van der Waals surface area contributed by atoms with Gasteiger partial charge in [-0.25, -0.2) is 4.79 Å². The van der Waals surface area contributed by atoms with Gasteiger partial charge >= 0.3 is 11.9 Å². The van der Waals surface area contributed by atoms with E-state index in [-0.39, 0.29) is 21.9 Å². The Morgan fingerprint density at radius 3 is 2.44 bits per heavy atom. The Bertz CT molecular complexity index is 1290. The fourth-order valence-electron chi connectivity index (χ4n) is 3.54. The van der Waals surface area contributed by atoms with Crippen LogP contribution >= 0.6 is 39.3 Å². The third-order valence-corrected chi connectivity index (χ3v) is 7.05. The molecule has 0 fully saturated rings. The van der Waals surface area contributed by atoms with Crippen LogP contribution in [0.3, 0.4) is 0 Å². The molecule has 1 heterocycles. The minimum absolute atomic E-state index is 0.0790. The highest BCUT2D eigenvalue weighted by Crippen LogP contribution is 2.40. The minimum atomic E-state index is -1.34. The molecule has 2 aromatic carbocycles. The number of nitrogens with one attached hydrogen (secondary N) is 2. The molecule has 36 heavy (non-hydrogen) atoms. The van der Waals surface area contributed by atoms with Crippen LogP contribution in [0, 0.1) is 17.2 Å². The van der Waals surface area contributed by atoms with Crippen molar-refractivity contribution in [2.75, 3.05) is 25.3 Å². The summed E-state index contributed by atoms with van der Waals surface area (Å²) < 4.78 is 10.3. The minimum Gasteiger partial charge on any atom is -0.468 e. The molecule has 0 aliphatic carbocycles. The summed E-state index contributed by atoms with van der Waals surface area (Å²) in [5.41, 5.74) is 1.18. The maximum atomic E-state index is 12.9. The summed E-state index contributed by atoms with van der Waals surface area (Å²) in [5.74, 6) is -4.96. The maximum Gasteiger partial charge on any atom is 0.337 e. The number of methoxy groups -OCH3 is 2. The van der Waals surface area contributed by atoms with Crippen LogP contribution in [0.1, 0.15) is 21.8 Å². The number of ether oxygens (including phenoxy) is 2. The van der Waals surface area contributed by atoms with Crippen LogP contribution in [0.5, 0.6) is 0 Å². The van der Waals surface area contributed by atoms with E-state index in [1.54, 1.807) is 18.2 Å². The summed E-state index contributed by atoms with van der Waals surface area (Å²) >= 11 is 10.4. The Morgan fingerprint density at radius 2 is 1.86 bits per heavy atom. The summed E-state index contributed by atoms with van der Waals surface area (Å²) in [6.07, 6.45) is 0. The predicted molar refractivity (Wildman–Crippen MR) is 137 cm³/mol. The standard InChI is InChI=1S/C24H19BrClN3O6S/c1-34-23(32)13-5-3-12(4-6-13)19-15(10-27)22(29-21(31)20(19)24(33)35-2)36-11-18(30)28-17-8-7-14(25)9-16(17)26/h3-9,19-20H,11H2,1-2H3,(H,28,30)(H,29,31)/t19-,20+/m0/s1. The van der Waals surface area contributed by atoms with Crippen LogP contribution in [0.25, 0.3) is 0 Å². The van der Waals surface area contributed by atoms with Crippen LogP contribution in [0.15, 0.2) is 57.5 Å². The Labute approximate surface area is 224 Å². The molecule has 1 aliphatic rings. The van der Waals surface area contributed by atoms with Crippen molar-refractivity contribution in [3.63, 3.8) is 0 Å². The first-order valence-corrected chi connectivity index (χ1v) is 12.4. The van der Waals surface area contributed by atoms with Gasteiger partial charge in [-0.3, -0.25) is 14.4 Å². The second kappa shape index (κ2) is 12.1. The Balaban J connectivity index is 1.91. The Hall–Kier alpha value is -3.33. The molecule has 12 heteroatoms. The molecule has 186 valence electrons. The number of carbonyl (C=O) groups is 4. The van der Waals surface area contributed by atoms with E-state index < -0.39 is 35.6 Å². The van der Waals surface area contributed by atoms with E-state index in [9.17, 15) is 24.4 Å². The topological polar surface area (TPSA) is 135 Å². The number of halogens is 2. The van der Waals surface area contributed by atoms with E-state index in [0.717, 1.165) is 23.3 Å². The Morgan fingerprint density at radius 1 is 1.17 bits per heavy atom. The number of benzene rings is 2. The highest BCUT2D eigenvalue weighted by atomic mass is 79.9. The van der Waals surface area contributed by atoms with Gasteiger partial charge in [-0.2, -0.15) is 5.26 Å². The van der Waals surface area contributed by atoms with Crippen LogP contribution < -0.4 is 10.6 Å². The molecule has 9 nitrogen and oxygen atoms in total. The summed E-state index contributed by atoms with van der Waals surface area (Å²) in [4.78, 5) is 49.7. The van der Waals surface area contributed by atoms with Crippen molar-refractivity contribution in [2.24, 2.45) is 5.92 Å². The highest BCUT2D eigenvalue weighted by Gasteiger charge is 2.44. The van der Waals surface area contributed by atoms with Crippen molar-refractivity contribution in [3.8, 4) is 6.07 Å². The van der Waals surface area contributed by atoms with E-state index in [2.05, 4.69) is 32.6 Å². The molecule has 1 aliphatic heterocycles. The van der Waals surface area contributed by atoms with E-state index in [1.165, 1.54) is 31.4 Å². The first kappa shape index (κ1) is 27.3. The lowest BCUT2D eigenvalue weighted by Crippen LogP contribution is -2.44. The van der Waals surface area contributed by atoms with Gasteiger partial charge in [-0.15, -0.1) is 0 Å². The largest absolute Gasteiger partial charge is 0.468 e. The van der Waals surface area contributed by atoms with E-state index in [4.69, 9.17) is 21.1 Å². The molecule has 0 bridgehead atoms.